The zero-order valence-electron chi connectivity index (χ0n) is 10.7. The number of aromatic nitrogens is 3. The van der Waals surface area contributed by atoms with Gasteiger partial charge in [0, 0.05) is 29.0 Å². The van der Waals surface area contributed by atoms with Crippen molar-refractivity contribution in [1.29, 1.82) is 0 Å². The Morgan fingerprint density at radius 3 is 2.52 bits per heavy atom. The zero-order valence-corrected chi connectivity index (χ0v) is 12.3. The summed E-state index contributed by atoms with van der Waals surface area (Å²) in [6.07, 6.45) is 2.83. The second-order valence-corrected chi connectivity index (χ2v) is 6.45. The number of sulfonamides is 1. The normalized spacial score (nSPS) is 11.2. The molecular weight excluding hydrogens is 308 g/mol. The van der Waals surface area contributed by atoms with Gasteiger partial charge in [0.2, 0.25) is 0 Å². The van der Waals surface area contributed by atoms with Gasteiger partial charge >= 0.3 is 0 Å². The highest BCUT2D eigenvalue weighted by atomic mass is 32.2. The van der Waals surface area contributed by atoms with Gasteiger partial charge in [-0.05, 0) is 35.8 Å². The fourth-order valence-electron chi connectivity index (χ4n) is 1.72. The van der Waals surface area contributed by atoms with Crippen LogP contribution in [0.15, 0.2) is 59.1 Å². The molecule has 0 amide bonds. The Labute approximate surface area is 125 Å². The minimum Gasteiger partial charge on any atom is -0.280 e. The third kappa shape index (κ3) is 3.06. The summed E-state index contributed by atoms with van der Waals surface area (Å²) in [7, 11) is -3.62. The van der Waals surface area contributed by atoms with Crippen molar-refractivity contribution in [3.05, 3.63) is 54.2 Å². The smallest absolute Gasteiger partial charge is 0.263 e. The molecule has 0 spiro atoms. The maximum atomic E-state index is 12.1. The Morgan fingerprint density at radius 1 is 1.10 bits per heavy atom. The number of pyridine rings is 1. The number of hydrogen-bond donors (Lipinski definition) is 1. The molecule has 3 aromatic rings. The molecule has 21 heavy (non-hydrogen) atoms. The van der Waals surface area contributed by atoms with Crippen LogP contribution in [0, 0.1) is 0 Å². The zero-order chi connectivity index (χ0) is 14.7. The van der Waals surface area contributed by atoms with Crippen LogP contribution in [0.2, 0.25) is 0 Å². The van der Waals surface area contributed by atoms with Crippen molar-refractivity contribution in [2.75, 3.05) is 4.72 Å². The summed E-state index contributed by atoms with van der Waals surface area (Å²) < 4.78 is 30.6. The van der Waals surface area contributed by atoms with Gasteiger partial charge in [-0.2, -0.15) is 0 Å². The number of rotatable bonds is 4. The van der Waals surface area contributed by atoms with Crippen molar-refractivity contribution in [3.63, 3.8) is 0 Å². The number of nitrogens with zero attached hydrogens (tertiary/aromatic N) is 3. The van der Waals surface area contributed by atoms with Gasteiger partial charge in [-0.1, -0.05) is 16.6 Å². The molecule has 2 aromatic heterocycles. The molecule has 1 aromatic carbocycles. The van der Waals surface area contributed by atoms with Gasteiger partial charge in [0.25, 0.3) is 10.0 Å². The molecule has 0 aliphatic heterocycles. The molecule has 0 unspecified atom stereocenters. The molecule has 8 heteroatoms. The summed E-state index contributed by atoms with van der Waals surface area (Å²) in [5, 5.41) is 5.79. The fourth-order valence-corrected chi connectivity index (χ4v) is 3.21. The molecule has 6 nitrogen and oxygen atoms in total. The van der Waals surface area contributed by atoms with Crippen molar-refractivity contribution < 1.29 is 8.42 Å². The summed E-state index contributed by atoms with van der Waals surface area (Å²) in [5.41, 5.74) is 2.13. The SMILES string of the molecule is O=S(=O)(Nc1ccc(-c2csnn2)cc1)c1cccnc1. The molecule has 0 atom stereocenters. The van der Waals surface area contributed by atoms with Crippen LogP contribution in [0.4, 0.5) is 5.69 Å². The van der Waals surface area contributed by atoms with E-state index < -0.39 is 10.0 Å². The first-order valence-electron chi connectivity index (χ1n) is 5.95. The second-order valence-electron chi connectivity index (χ2n) is 4.16. The van der Waals surface area contributed by atoms with E-state index in [0.717, 1.165) is 11.3 Å². The van der Waals surface area contributed by atoms with Gasteiger partial charge in [0.05, 0.1) is 0 Å². The van der Waals surface area contributed by atoms with Gasteiger partial charge in [0.1, 0.15) is 10.6 Å². The lowest BCUT2D eigenvalue weighted by atomic mass is 10.2. The maximum Gasteiger partial charge on any atom is 0.263 e. The van der Waals surface area contributed by atoms with Crippen LogP contribution in [-0.4, -0.2) is 23.0 Å². The topological polar surface area (TPSA) is 84.8 Å². The second kappa shape index (κ2) is 5.58. The average Bonchev–Trinajstić information content (AvgIpc) is 3.03. The molecule has 0 saturated heterocycles. The number of hydrogen-bond acceptors (Lipinski definition) is 6. The van der Waals surface area contributed by atoms with E-state index in [2.05, 4.69) is 19.3 Å². The molecular formula is C13H10N4O2S2. The molecule has 3 rings (SSSR count). The molecule has 0 aliphatic carbocycles. The molecule has 0 radical (unpaired) electrons. The molecule has 0 bridgehead atoms. The lowest BCUT2D eigenvalue weighted by Gasteiger charge is -2.07. The first kappa shape index (κ1) is 13.7. The van der Waals surface area contributed by atoms with E-state index in [9.17, 15) is 8.42 Å². The van der Waals surface area contributed by atoms with E-state index in [4.69, 9.17) is 0 Å². The number of benzene rings is 1. The largest absolute Gasteiger partial charge is 0.280 e. The predicted octanol–water partition coefficient (Wildman–Crippen LogP) is 2.40. The van der Waals surface area contributed by atoms with Crippen LogP contribution < -0.4 is 4.72 Å². The summed E-state index contributed by atoms with van der Waals surface area (Å²) >= 11 is 1.27. The summed E-state index contributed by atoms with van der Waals surface area (Å²) in [6, 6.07) is 10.0. The monoisotopic (exact) mass is 318 g/mol. The van der Waals surface area contributed by atoms with Crippen LogP contribution in [-0.2, 0) is 10.0 Å². The Balaban J connectivity index is 1.83. The summed E-state index contributed by atoms with van der Waals surface area (Å²) in [6.45, 7) is 0. The van der Waals surface area contributed by atoms with Gasteiger partial charge in [0.15, 0.2) is 0 Å². The maximum absolute atomic E-state index is 12.1. The highest BCUT2D eigenvalue weighted by Crippen LogP contribution is 2.21. The van der Waals surface area contributed by atoms with Crippen molar-refractivity contribution in [2.45, 2.75) is 4.90 Å². The van der Waals surface area contributed by atoms with Gasteiger partial charge < -0.3 is 0 Å². The van der Waals surface area contributed by atoms with Crippen LogP contribution >= 0.6 is 11.5 Å². The predicted molar refractivity (Wildman–Crippen MR) is 80.4 cm³/mol. The third-order valence-electron chi connectivity index (χ3n) is 2.74. The Bertz CT molecular complexity index is 816. The van der Waals surface area contributed by atoms with Crippen molar-refractivity contribution in [2.24, 2.45) is 0 Å². The molecule has 0 aliphatic rings. The average molecular weight is 318 g/mol. The van der Waals surface area contributed by atoms with Crippen molar-refractivity contribution >= 4 is 27.2 Å². The Hall–Kier alpha value is -2.32. The van der Waals surface area contributed by atoms with Crippen LogP contribution in [0.5, 0.6) is 0 Å². The molecule has 2 heterocycles. The van der Waals surface area contributed by atoms with Crippen molar-refractivity contribution in [1.82, 2.24) is 14.6 Å². The third-order valence-corrected chi connectivity index (χ3v) is 4.61. The first-order valence-corrected chi connectivity index (χ1v) is 8.27. The quantitative estimate of drug-likeness (QED) is 0.798. The van der Waals surface area contributed by atoms with E-state index in [1.54, 1.807) is 30.3 Å². The highest BCUT2D eigenvalue weighted by molar-refractivity contribution is 7.92. The molecule has 106 valence electrons. The molecule has 0 fully saturated rings. The van der Waals surface area contributed by atoms with E-state index >= 15 is 0 Å². The summed E-state index contributed by atoms with van der Waals surface area (Å²) in [5.74, 6) is 0. The minimum absolute atomic E-state index is 0.123. The number of anilines is 1. The van der Waals surface area contributed by atoms with E-state index in [1.807, 2.05) is 5.38 Å². The summed E-state index contributed by atoms with van der Waals surface area (Å²) in [4.78, 5) is 3.93. The van der Waals surface area contributed by atoms with Gasteiger partial charge in [-0.15, -0.1) is 5.10 Å². The Kier molecular flexibility index (Phi) is 3.63. The van der Waals surface area contributed by atoms with Crippen LogP contribution in [0.1, 0.15) is 0 Å². The first-order chi connectivity index (χ1) is 10.1. The van der Waals surface area contributed by atoms with Gasteiger partial charge in [-0.3, -0.25) is 9.71 Å². The molecule has 0 saturated carbocycles. The highest BCUT2D eigenvalue weighted by Gasteiger charge is 2.14. The van der Waals surface area contributed by atoms with Crippen molar-refractivity contribution in [3.8, 4) is 11.3 Å². The lowest BCUT2D eigenvalue weighted by molar-refractivity contribution is 0.601. The van der Waals surface area contributed by atoms with E-state index in [1.165, 1.54) is 30.0 Å². The van der Waals surface area contributed by atoms with Crippen LogP contribution in [0.25, 0.3) is 11.3 Å². The Morgan fingerprint density at radius 2 is 1.90 bits per heavy atom. The number of nitrogens with one attached hydrogen (secondary N) is 1. The minimum atomic E-state index is -3.62. The standard InChI is InChI=1S/C13H10N4O2S2/c18-21(19,12-2-1-7-14-8-12)16-11-5-3-10(4-6-11)13-9-20-17-15-13/h1-9,16H. The lowest BCUT2D eigenvalue weighted by Crippen LogP contribution is -2.12. The van der Waals surface area contributed by atoms with Gasteiger partial charge in [-0.25, -0.2) is 8.42 Å². The molecule has 1 N–H and O–H groups in total. The van der Waals surface area contributed by atoms with Crippen LogP contribution in [0.3, 0.4) is 0 Å². The van der Waals surface area contributed by atoms with E-state index in [0.29, 0.717) is 5.69 Å². The fraction of sp³-hybridized carbons (Fsp3) is 0. The van der Waals surface area contributed by atoms with E-state index in [-0.39, 0.29) is 4.90 Å².